The second-order valence-corrected chi connectivity index (χ2v) is 7.99. The van der Waals surface area contributed by atoms with Gasteiger partial charge in [-0.15, -0.1) is 0 Å². The molecule has 0 fully saturated rings. The van der Waals surface area contributed by atoms with Crippen molar-refractivity contribution in [3.05, 3.63) is 94.0 Å². The number of carbonyl (C=O) groups is 2. The molecule has 2 atom stereocenters. The highest BCUT2D eigenvalue weighted by Crippen LogP contribution is 2.44. The van der Waals surface area contributed by atoms with Crippen LogP contribution in [0.2, 0.25) is 5.02 Å². The first-order valence-electron chi connectivity index (χ1n) is 10.2. The summed E-state index contributed by atoms with van der Waals surface area (Å²) in [5, 5.41) is 23.4. The number of aldehydes is 1. The molecule has 0 aromatic heterocycles. The number of aliphatic hydroxyl groups excluding tert-OH is 2. The number of alkyl carbamates (subject to hydrolysis) is 1. The number of ether oxygens (including phenoxy) is 1. The third-order valence-electron chi connectivity index (χ3n) is 5.67. The monoisotopic (exact) mass is 451 g/mol. The Hall–Kier alpha value is -3.19. The Morgan fingerprint density at radius 2 is 1.62 bits per heavy atom. The quantitative estimate of drug-likeness (QED) is 0.470. The third-order valence-corrected chi connectivity index (χ3v) is 6.00. The average Bonchev–Trinajstić information content (AvgIpc) is 3.14. The van der Waals surface area contributed by atoms with Gasteiger partial charge in [0, 0.05) is 28.6 Å². The highest BCUT2D eigenvalue weighted by molar-refractivity contribution is 6.31. The molecule has 7 heteroatoms. The number of nitrogens with one attached hydrogen (secondary N) is 1. The summed E-state index contributed by atoms with van der Waals surface area (Å²) in [6.07, 6.45) is -2.99. The minimum Gasteiger partial charge on any atom is -0.449 e. The zero-order chi connectivity index (χ0) is 22.7. The molecule has 2 unspecified atom stereocenters. The number of fused-ring (bicyclic) bond motifs is 3. The molecular weight excluding hydrogens is 430 g/mol. The molecule has 6 nitrogen and oxygen atoms in total. The average molecular weight is 452 g/mol. The number of halogens is 1. The smallest absolute Gasteiger partial charge is 0.407 e. The number of carbonyl (C=O) groups excluding carboxylic acids is 2. The van der Waals surface area contributed by atoms with Crippen LogP contribution in [0.5, 0.6) is 0 Å². The van der Waals surface area contributed by atoms with Gasteiger partial charge in [0.2, 0.25) is 0 Å². The Balaban J connectivity index is 1.37. The summed E-state index contributed by atoms with van der Waals surface area (Å²) < 4.78 is 5.42. The highest BCUT2D eigenvalue weighted by Gasteiger charge is 2.29. The van der Waals surface area contributed by atoms with Crippen LogP contribution in [0.4, 0.5) is 4.79 Å². The lowest BCUT2D eigenvalue weighted by molar-refractivity contribution is 0.0182. The summed E-state index contributed by atoms with van der Waals surface area (Å²) in [4.78, 5) is 23.5. The van der Waals surface area contributed by atoms with Crippen LogP contribution in [0.3, 0.4) is 0 Å². The summed E-state index contributed by atoms with van der Waals surface area (Å²) >= 11 is 6.07. The fraction of sp³-hybridized carbons (Fsp3) is 0.200. The maximum Gasteiger partial charge on any atom is 0.407 e. The Morgan fingerprint density at radius 3 is 2.25 bits per heavy atom. The zero-order valence-corrected chi connectivity index (χ0v) is 17.8. The molecule has 0 bridgehead atoms. The van der Waals surface area contributed by atoms with Crippen molar-refractivity contribution in [2.75, 3.05) is 13.2 Å². The summed E-state index contributed by atoms with van der Waals surface area (Å²) in [6.45, 7) is -0.139. The minimum atomic E-state index is -1.45. The third kappa shape index (κ3) is 4.25. The number of hydrogen-bond acceptors (Lipinski definition) is 5. The first-order valence-corrected chi connectivity index (χ1v) is 10.6. The molecule has 0 aliphatic heterocycles. The minimum absolute atomic E-state index is 0.0815. The van der Waals surface area contributed by atoms with Crippen LogP contribution in [-0.4, -0.2) is 41.8 Å². The molecule has 1 aliphatic rings. The van der Waals surface area contributed by atoms with Gasteiger partial charge in [0.15, 0.2) is 0 Å². The van der Waals surface area contributed by atoms with Gasteiger partial charge >= 0.3 is 6.09 Å². The van der Waals surface area contributed by atoms with Gasteiger partial charge in [-0.1, -0.05) is 72.3 Å². The molecule has 3 aromatic rings. The maximum absolute atomic E-state index is 12.3. The van der Waals surface area contributed by atoms with Crippen molar-refractivity contribution < 1.29 is 24.5 Å². The number of amides is 1. The van der Waals surface area contributed by atoms with Crippen molar-refractivity contribution in [1.29, 1.82) is 0 Å². The number of rotatable bonds is 7. The molecule has 0 spiro atoms. The fourth-order valence-electron chi connectivity index (χ4n) is 4.11. The summed E-state index contributed by atoms with van der Waals surface area (Å²) in [5.41, 5.74) is 4.73. The first kappa shape index (κ1) is 22.0. The normalized spacial score (nSPS) is 14.2. The molecule has 4 rings (SSSR count). The second kappa shape index (κ2) is 9.53. The van der Waals surface area contributed by atoms with E-state index >= 15 is 0 Å². The Morgan fingerprint density at radius 1 is 1.00 bits per heavy atom. The van der Waals surface area contributed by atoms with Crippen LogP contribution in [-0.2, 0) is 4.74 Å². The zero-order valence-electron chi connectivity index (χ0n) is 17.1. The second-order valence-electron chi connectivity index (χ2n) is 7.58. The predicted molar refractivity (Wildman–Crippen MR) is 121 cm³/mol. The SMILES string of the molecule is O=Cc1cccc(Cl)c1C(O)C(O)CNC(=O)OCC1c2ccccc2-c2ccccc21. The molecule has 1 aliphatic carbocycles. The molecule has 32 heavy (non-hydrogen) atoms. The molecular formula is C25H22ClNO5. The predicted octanol–water partition coefficient (Wildman–Crippen LogP) is 4.09. The van der Waals surface area contributed by atoms with E-state index in [1.165, 1.54) is 12.1 Å². The van der Waals surface area contributed by atoms with Gasteiger partial charge in [0.1, 0.15) is 25.1 Å². The van der Waals surface area contributed by atoms with E-state index in [2.05, 4.69) is 5.32 Å². The molecule has 0 heterocycles. The highest BCUT2D eigenvalue weighted by atomic mass is 35.5. The summed E-state index contributed by atoms with van der Waals surface area (Å²) in [5.74, 6) is -0.0815. The van der Waals surface area contributed by atoms with Crippen LogP contribution in [0, 0.1) is 0 Å². The fourth-order valence-corrected chi connectivity index (χ4v) is 4.40. The number of benzene rings is 3. The number of hydrogen-bond donors (Lipinski definition) is 3. The molecule has 164 valence electrons. The van der Waals surface area contributed by atoms with E-state index in [1.54, 1.807) is 6.07 Å². The van der Waals surface area contributed by atoms with Gasteiger partial charge in [-0.25, -0.2) is 4.79 Å². The van der Waals surface area contributed by atoms with E-state index in [-0.39, 0.29) is 35.2 Å². The van der Waals surface area contributed by atoms with Crippen LogP contribution in [0.25, 0.3) is 11.1 Å². The van der Waals surface area contributed by atoms with Crippen molar-refractivity contribution in [3.63, 3.8) is 0 Å². The van der Waals surface area contributed by atoms with Gasteiger partial charge in [-0.3, -0.25) is 4.79 Å². The van der Waals surface area contributed by atoms with Gasteiger partial charge in [-0.2, -0.15) is 0 Å². The van der Waals surface area contributed by atoms with Crippen molar-refractivity contribution in [3.8, 4) is 11.1 Å². The van der Waals surface area contributed by atoms with Crippen molar-refractivity contribution in [2.24, 2.45) is 0 Å². The number of aliphatic hydroxyl groups is 2. The molecule has 0 saturated carbocycles. The van der Waals surface area contributed by atoms with E-state index in [0.717, 1.165) is 22.3 Å². The van der Waals surface area contributed by atoms with Crippen LogP contribution in [0.1, 0.15) is 39.1 Å². The van der Waals surface area contributed by atoms with Crippen molar-refractivity contribution in [1.82, 2.24) is 5.32 Å². The Bertz CT molecular complexity index is 1100. The molecule has 3 N–H and O–H groups in total. The molecule has 3 aromatic carbocycles. The topological polar surface area (TPSA) is 95.9 Å². The molecule has 0 radical (unpaired) electrons. The van der Waals surface area contributed by atoms with Gasteiger partial charge < -0.3 is 20.3 Å². The van der Waals surface area contributed by atoms with E-state index in [9.17, 15) is 19.8 Å². The van der Waals surface area contributed by atoms with Gasteiger partial charge in [-0.05, 0) is 28.3 Å². The standard InChI is InChI=1S/C25H22ClNO5/c26-21-11-5-6-15(13-28)23(21)24(30)22(29)12-27-25(31)32-14-20-18-9-3-1-7-16(18)17-8-2-4-10-19(17)20/h1-11,13,20,22,24,29-30H,12,14H2,(H,27,31). The van der Waals surface area contributed by atoms with E-state index < -0.39 is 18.3 Å². The molecule has 1 amide bonds. The van der Waals surface area contributed by atoms with Crippen LogP contribution >= 0.6 is 11.6 Å². The first-order chi connectivity index (χ1) is 15.5. The Kier molecular flexibility index (Phi) is 6.55. The van der Waals surface area contributed by atoms with Gasteiger partial charge in [0.05, 0.1) is 0 Å². The lowest BCUT2D eigenvalue weighted by atomic mass is 9.98. The van der Waals surface area contributed by atoms with Crippen LogP contribution < -0.4 is 5.32 Å². The van der Waals surface area contributed by atoms with E-state index in [1.807, 2.05) is 48.5 Å². The maximum atomic E-state index is 12.3. The van der Waals surface area contributed by atoms with Crippen LogP contribution in [0.15, 0.2) is 66.7 Å². The molecule has 0 saturated heterocycles. The Labute approximate surface area is 190 Å². The van der Waals surface area contributed by atoms with E-state index in [0.29, 0.717) is 6.29 Å². The van der Waals surface area contributed by atoms with Gasteiger partial charge in [0.25, 0.3) is 0 Å². The largest absolute Gasteiger partial charge is 0.449 e. The lowest BCUT2D eigenvalue weighted by Gasteiger charge is -2.21. The lowest BCUT2D eigenvalue weighted by Crippen LogP contribution is -2.36. The van der Waals surface area contributed by atoms with E-state index in [4.69, 9.17) is 16.3 Å². The van der Waals surface area contributed by atoms with Crippen molar-refractivity contribution in [2.45, 2.75) is 18.1 Å². The van der Waals surface area contributed by atoms with Crippen molar-refractivity contribution >= 4 is 24.0 Å². The summed E-state index contributed by atoms with van der Waals surface area (Å²) in [7, 11) is 0. The summed E-state index contributed by atoms with van der Waals surface area (Å²) in [6, 6.07) is 20.6.